The number of hydrogen-bond donors (Lipinski definition) is 1. The predicted molar refractivity (Wildman–Crippen MR) is 381 cm³/mol. The van der Waals surface area contributed by atoms with Crippen LogP contribution in [0.1, 0.15) is 132 Å². The second-order valence-corrected chi connectivity index (χ2v) is 28.1. The lowest BCUT2D eigenvalue weighted by molar-refractivity contribution is -0.397. The Balaban J connectivity index is 1.61. The molecule has 0 saturated carbocycles. The number of ether oxygens (including phenoxy) is 30. The van der Waals surface area contributed by atoms with Crippen LogP contribution in [0.25, 0.3) is 0 Å². The van der Waals surface area contributed by atoms with Gasteiger partial charge in [-0.3, -0.25) is 91.1 Å². The summed E-state index contributed by atoms with van der Waals surface area (Å²) in [6, 6.07) is 0. The van der Waals surface area contributed by atoms with E-state index in [-0.39, 0.29) is 0 Å². The molecule has 6 aliphatic rings. The zero-order chi connectivity index (χ0) is 92.7. The molecule has 1 N–H and O–H groups in total. The van der Waals surface area contributed by atoms with E-state index in [1.165, 1.54) is 0 Å². The van der Waals surface area contributed by atoms with Crippen LogP contribution in [0.3, 0.4) is 0 Å². The summed E-state index contributed by atoms with van der Waals surface area (Å²) in [7, 11) is 0. The van der Waals surface area contributed by atoms with Crippen LogP contribution in [0.4, 0.5) is 0 Å². The summed E-state index contributed by atoms with van der Waals surface area (Å²) in [6.07, 6.45) is -65.4. The minimum atomic E-state index is -2.51. The van der Waals surface area contributed by atoms with Crippen LogP contribution < -0.4 is 0 Å². The highest BCUT2D eigenvalue weighted by molar-refractivity contribution is 5.73. The van der Waals surface area contributed by atoms with Gasteiger partial charge in [-0.25, -0.2) is 0 Å². The van der Waals surface area contributed by atoms with E-state index in [1.54, 1.807) is 0 Å². The minimum Gasteiger partial charge on any atom is -0.463 e. The van der Waals surface area contributed by atoms with Crippen LogP contribution >= 0.6 is 0 Å². The van der Waals surface area contributed by atoms with Gasteiger partial charge < -0.3 is 147 Å². The van der Waals surface area contributed by atoms with Gasteiger partial charge in [-0.05, 0) is 0 Å². The Morgan fingerprint density at radius 3 is 0.548 bits per heavy atom. The molecule has 0 aromatic heterocycles. The van der Waals surface area contributed by atoms with Crippen molar-refractivity contribution in [2.45, 2.75) is 316 Å². The number of hydrogen-bond acceptors (Lipinski definition) is 50. The predicted octanol–water partition coefficient (Wildman–Crippen LogP) is -3.26. The van der Waals surface area contributed by atoms with E-state index >= 15 is 0 Å². The van der Waals surface area contributed by atoms with E-state index in [0.29, 0.717) is 0 Å². The molecule has 0 aromatic carbocycles. The highest BCUT2D eigenvalue weighted by atomic mass is 16.8. The minimum absolute atomic E-state index is 0.786. The Morgan fingerprint density at radius 2 is 0.323 bits per heavy atom. The van der Waals surface area contributed by atoms with E-state index < -0.39 is 337 Å². The molecule has 0 aliphatic carbocycles. The molecule has 124 heavy (non-hydrogen) atoms. The van der Waals surface area contributed by atoms with Gasteiger partial charge in [-0.2, -0.15) is 0 Å². The fraction of sp³-hybridized carbons (Fsp3) is 0.743. The fourth-order valence-corrected chi connectivity index (χ4v) is 13.5. The van der Waals surface area contributed by atoms with Crippen molar-refractivity contribution in [2.75, 3.05) is 39.6 Å². The lowest BCUT2D eigenvalue weighted by atomic mass is 9.94. The van der Waals surface area contributed by atoms with Crippen molar-refractivity contribution >= 4 is 113 Å². The summed E-state index contributed by atoms with van der Waals surface area (Å²) >= 11 is 0. The molecule has 0 bridgehead atoms. The Bertz CT molecular complexity index is 3840. The number of aliphatic hydroxyl groups excluding tert-OH is 1. The monoisotopic (exact) mass is 1790 g/mol. The van der Waals surface area contributed by atoms with Crippen LogP contribution in [0.2, 0.25) is 0 Å². The van der Waals surface area contributed by atoms with Crippen LogP contribution in [0, 0.1) is 0 Å². The summed E-state index contributed by atoms with van der Waals surface area (Å²) in [4.78, 5) is 250. The summed E-state index contributed by atoms with van der Waals surface area (Å²) < 4.78 is 177. The zero-order valence-corrected chi connectivity index (χ0v) is 70.5. The molecule has 696 valence electrons. The lowest BCUT2D eigenvalue weighted by Gasteiger charge is -2.52. The van der Waals surface area contributed by atoms with E-state index in [4.69, 9.17) is 142 Å². The van der Waals surface area contributed by atoms with Crippen molar-refractivity contribution in [2.24, 2.45) is 0 Å². The van der Waals surface area contributed by atoms with Gasteiger partial charge >= 0.3 is 113 Å². The third-order valence-electron chi connectivity index (χ3n) is 17.6. The first-order valence-electron chi connectivity index (χ1n) is 37.9. The van der Waals surface area contributed by atoms with Crippen LogP contribution in [-0.2, 0) is 233 Å². The van der Waals surface area contributed by atoms with Gasteiger partial charge in [0.2, 0.25) is 6.29 Å². The van der Waals surface area contributed by atoms with Gasteiger partial charge in [0.1, 0.15) is 113 Å². The summed E-state index contributed by atoms with van der Waals surface area (Å²) in [5.74, 6) is -21.9. The Hall–Kier alpha value is -10.5. The van der Waals surface area contributed by atoms with Crippen LogP contribution in [-0.4, -0.2) is 342 Å². The number of carbonyl (C=O) groups is 19. The lowest BCUT2D eigenvalue weighted by Crippen LogP contribution is -2.70. The molecular weight excluding hydrogens is 1690 g/mol. The van der Waals surface area contributed by atoms with Crippen molar-refractivity contribution in [3.63, 3.8) is 0 Å². The number of carbonyl (C=O) groups excluding carboxylic acids is 19. The van der Waals surface area contributed by atoms with Gasteiger partial charge in [0.05, 0.1) is 0 Å². The van der Waals surface area contributed by atoms with Crippen LogP contribution in [0.5, 0.6) is 0 Å². The molecule has 50 nitrogen and oxygen atoms in total. The molecule has 0 unspecified atom stereocenters. The summed E-state index contributed by atoms with van der Waals surface area (Å²) in [6.45, 7) is 10.6. The quantitative estimate of drug-likeness (QED) is 0.0481. The maximum Gasteiger partial charge on any atom is 0.305 e. The first-order valence-corrected chi connectivity index (χ1v) is 37.9. The molecule has 0 spiro atoms. The SMILES string of the molecule is CC(=O)OC[C@H]1O[C@@H](O[C@@H]2[C@@H](OC(C)=O)[C@H](O[C@H]3[C@H](OC(C)=O)[C@@H](OC(C)=O)[C@H](O[C@@H]4[C@@H](OC(C)=O)[C@H](O[C@H]5[C@H](OC(C)=O)[C@@H](OC(C)=O)[C@H](O[C@@H]6[C@@H](OC(C)=O)[C@H](OC(C)=O)O[C@H](COC(C)=O)[C@H]6OC(C)=O)O[C@@H]5COC(C)=O)O[C@H](COC(C)=O)[C@H]4OC(C)=O)O[C@@H]3COC(C)=O)O[C@H](COC(C)=O)[C@H]2OC(C)=O)[C@H](OC(C)=O)[C@@H](OC(C)=O)[C@@H]1O. The number of aliphatic hydroxyl groups is 1. The fourth-order valence-electron chi connectivity index (χ4n) is 13.5. The van der Waals surface area contributed by atoms with E-state index in [2.05, 4.69) is 0 Å². The highest BCUT2D eigenvalue weighted by Crippen LogP contribution is 2.43. The topological polar surface area (TPSA) is 621 Å². The van der Waals surface area contributed by atoms with E-state index in [1.807, 2.05) is 0 Å². The molecule has 6 rings (SSSR count). The first kappa shape index (κ1) is 102. The second-order valence-electron chi connectivity index (χ2n) is 28.1. The number of rotatable bonds is 35. The average molecular weight is 1790 g/mol. The van der Waals surface area contributed by atoms with Gasteiger partial charge in [-0.1, -0.05) is 0 Å². The van der Waals surface area contributed by atoms with Gasteiger partial charge in [0.15, 0.2) is 105 Å². The largest absolute Gasteiger partial charge is 0.463 e. The molecule has 6 aliphatic heterocycles. The molecule has 6 heterocycles. The Kier molecular flexibility index (Phi) is 38.7. The molecule has 0 amide bonds. The van der Waals surface area contributed by atoms with Crippen molar-refractivity contribution in [1.29, 1.82) is 0 Å². The number of esters is 19. The van der Waals surface area contributed by atoms with E-state index in [0.717, 1.165) is 132 Å². The average Bonchev–Trinajstić information content (AvgIpc) is 0.756. The summed E-state index contributed by atoms with van der Waals surface area (Å²) in [5.41, 5.74) is 0. The molecule has 30 atom stereocenters. The first-order chi connectivity index (χ1) is 58.0. The maximum absolute atomic E-state index is 13.9. The third-order valence-corrected chi connectivity index (χ3v) is 17.6. The smallest absolute Gasteiger partial charge is 0.305 e. The second kappa shape index (κ2) is 47.0. The molecule has 0 aromatic rings. The molecular formula is C74H100O50. The maximum atomic E-state index is 13.9. The Labute approximate surface area is 705 Å². The van der Waals surface area contributed by atoms with Gasteiger partial charge in [0.25, 0.3) is 0 Å². The molecule has 6 fully saturated rings. The molecule has 6 saturated heterocycles. The normalized spacial score (nSPS) is 33.1. The third kappa shape index (κ3) is 30.4. The molecule has 0 radical (unpaired) electrons. The van der Waals surface area contributed by atoms with Crippen molar-refractivity contribution in [3.8, 4) is 0 Å². The zero-order valence-electron chi connectivity index (χ0n) is 70.5. The Morgan fingerprint density at radius 1 is 0.169 bits per heavy atom. The van der Waals surface area contributed by atoms with Crippen LogP contribution in [0.15, 0.2) is 0 Å². The van der Waals surface area contributed by atoms with E-state index in [9.17, 15) is 96.2 Å². The van der Waals surface area contributed by atoms with Crippen molar-refractivity contribution < 1.29 is 238 Å². The van der Waals surface area contributed by atoms with Gasteiger partial charge in [0, 0.05) is 132 Å². The highest BCUT2D eigenvalue weighted by Gasteiger charge is 2.64. The van der Waals surface area contributed by atoms with Crippen molar-refractivity contribution in [3.05, 3.63) is 0 Å². The van der Waals surface area contributed by atoms with Gasteiger partial charge in [-0.15, -0.1) is 0 Å². The van der Waals surface area contributed by atoms with Crippen molar-refractivity contribution in [1.82, 2.24) is 0 Å². The molecule has 50 heteroatoms. The summed E-state index contributed by atoms with van der Waals surface area (Å²) in [5, 5.41) is 11.6. The standard InChI is InChI=1S/C74H100O50/c1-26(75)95-20-45-51(94)57(104-35(10)84)63(107-38(13)87)70(114-45)122-61-53(102-33(8)82)47(22-97-28(3)77)116-71(67(61)111-42(17)91)120-56-50(25-100-31(6)80)119-74(65(109-40(15)89)59(56)106-37(12)86)124-62-54(103-34(9)83)48(23-98-29(4)78)117-72(68(62)112-43(18)92)121-55-49(24-99-30(5)79)118-73(64(108-39(14)88)58(55)105-36(11)85)123-60-52(101-32(7)81)46(21-96-27(2)76)115-69(113-44(19)93)66(60)110-41(16)90/h45-74,94H,20-25H2,1-19H3/t45-,46-,47-,48-,49-,50-,51-,52-,53-,54-,55-,56-,57+,58+,59+,60+,61+,62+,63-,64-,65-,66-,67-,68-,69-,70+,71+,72+,73+,74+/m1/s1.